The Morgan fingerprint density at radius 1 is 0.204 bits per heavy atom. The Balaban J connectivity index is 1.37. The average Bonchev–Trinajstić information content (AvgIpc) is 3.26. The van der Waals surface area contributed by atoms with Gasteiger partial charge in [0, 0.05) is 0 Å². The van der Waals surface area contributed by atoms with Crippen LogP contribution in [0.25, 0.3) is 0 Å². The Morgan fingerprint density at radius 3 is 0.574 bits per heavy atom. The van der Waals surface area contributed by atoms with Gasteiger partial charge in [0.15, 0.2) is 11.2 Å². The lowest BCUT2D eigenvalue weighted by Crippen LogP contribution is -2.59. The SMILES string of the molecule is OC1(C2(O)c3ccccc3C(c3ccccc3)(c3ccccc3)c3ccccc32)c2ccccc2C(c2ccccc2)(c2ccccc2)c2ccccc21. The highest BCUT2D eigenvalue weighted by Crippen LogP contribution is 2.65. The molecule has 10 rings (SSSR count). The normalized spacial score (nSPS) is 16.6. The van der Waals surface area contributed by atoms with Gasteiger partial charge in [-0.3, -0.25) is 0 Å². The van der Waals surface area contributed by atoms with Crippen molar-refractivity contribution in [2.75, 3.05) is 0 Å². The Kier molecular flexibility index (Phi) is 7.25. The average molecular weight is 695 g/mol. The van der Waals surface area contributed by atoms with Crippen LogP contribution in [0.1, 0.15) is 66.8 Å². The summed E-state index contributed by atoms with van der Waals surface area (Å²) in [6.07, 6.45) is 0. The van der Waals surface area contributed by atoms with E-state index in [0.29, 0.717) is 22.3 Å². The molecule has 258 valence electrons. The Morgan fingerprint density at radius 2 is 0.370 bits per heavy atom. The van der Waals surface area contributed by atoms with Gasteiger partial charge in [0.1, 0.15) is 0 Å². The molecule has 54 heavy (non-hydrogen) atoms. The maximum Gasteiger partial charge on any atom is 0.152 e. The van der Waals surface area contributed by atoms with Crippen molar-refractivity contribution in [3.8, 4) is 0 Å². The molecule has 0 spiro atoms. The number of rotatable bonds is 5. The number of benzene rings is 8. The predicted molar refractivity (Wildman–Crippen MR) is 216 cm³/mol. The van der Waals surface area contributed by atoms with Crippen molar-refractivity contribution in [2.45, 2.75) is 22.0 Å². The van der Waals surface area contributed by atoms with Crippen LogP contribution in [0.3, 0.4) is 0 Å². The smallest absolute Gasteiger partial charge is 0.152 e. The van der Waals surface area contributed by atoms with E-state index in [4.69, 9.17) is 0 Å². The zero-order valence-electron chi connectivity index (χ0n) is 29.7. The van der Waals surface area contributed by atoms with Gasteiger partial charge in [-0.2, -0.15) is 0 Å². The first-order valence-corrected chi connectivity index (χ1v) is 18.6. The molecule has 0 unspecified atom stereocenters. The minimum atomic E-state index is -1.93. The van der Waals surface area contributed by atoms with Crippen LogP contribution >= 0.6 is 0 Å². The first-order chi connectivity index (χ1) is 26.6. The molecule has 2 aliphatic carbocycles. The second kappa shape index (κ2) is 12.1. The highest BCUT2D eigenvalue weighted by molar-refractivity contribution is 5.75. The lowest BCUT2D eigenvalue weighted by Gasteiger charge is -2.57. The van der Waals surface area contributed by atoms with Crippen LogP contribution in [0.2, 0.25) is 0 Å². The predicted octanol–water partition coefficient (Wildman–Crippen LogP) is 10.3. The molecule has 2 nitrogen and oxygen atoms in total. The standard InChI is InChI=1S/C52H38O2/c53-51(45-33-17-13-29-41(45)49(37-21-5-1-6-22-37,38-23-7-2-8-24-38)42-30-14-18-34-46(42)51)52(54)47-35-19-15-31-43(47)50(39-25-9-3-10-26-39,40-27-11-4-12-28-40)44-32-16-20-36-48(44)52/h1-36,53-54H. The summed E-state index contributed by atoms with van der Waals surface area (Å²) in [5.41, 5.74) is 5.25. The van der Waals surface area contributed by atoms with Crippen LogP contribution in [-0.4, -0.2) is 10.2 Å². The molecule has 2 N–H and O–H groups in total. The minimum Gasteiger partial charge on any atom is -0.377 e. The molecule has 0 atom stereocenters. The largest absolute Gasteiger partial charge is 0.377 e. The molecule has 2 heteroatoms. The summed E-state index contributed by atoms with van der Waals surface area (Å²) in [4.78, 5) is 0. The molecule has 0 bridgehead atoms. The Bertz CT molecular complexity index is 2270. The van der Waals surface area contributed by atoms with Gasteiger partial charge in [0.05, 0.1) is 10.8 Å². The van der Waals surface area contributed by atoms with E-state index in [1.807, 2.05) is 72.8 Å². The van der Waals surface area contributed by atoms with Crippen molar-refractivity contribution in [3.63, 3.8) is 0 Å². The first kappa shape index (κ1) is 32.3. The monoisotopic (exact) mass is 694 g/mol. The second-order valence-corrected chi connectivity index (χ2v) is 14.6. The Hall–Kier alpha value is -6.32. The summed E-state index contributed by atoms with van der Waals surface area (Å²) in [7, 11) is 0. The fraction of sp³-hybridized carbons (Fsp3) is 0.0769. The van der Waals surface area contributed by atoms with E-state index in [0.717, 1.165) is 44.5 Å². The van der Waals surface area contributed by atoms with Crippen LogP contribution in [0.4, 0.5) is 0 Å². The number of fused-ring (bicyclic) bond motifs is 4. The van der Waals surface area contributed by atoms with Gasteiger partial charge in [0.2, 0.25) is 0 Å². The third-order valence-electron chi connectivity index (χ3n) is 12.2. The summed E-state index contributed by atoms with van der Waals surface area (Å²) in [6.45, 7) is 0. The zero-order chi connectivity index (χ0) is 36.4. The van der Waals surface area contributed by atoms with Crippen LogP contribution < -0.4 is 0 Å². The van der Waals surface area contributed by atoms with Gasteiger partial charge >= 0.3 is 0 Å². The van der Waals surface area contributed by atoms with E-state index >= 15 is 0 Å². The molecule has 0 saturated heterocycles. The highest BCUT2D eigenvalue weighted by Gasteiger charge is 2.65. The summed E-state index contributed by atoms with van der Waals surface area (Å²) in [5, 5.41) is 28.7. The van der Waals surface area contributed by atoms with Crippen molar-refractivity contribution in [3.05, 3.63) is 285 Å². The fourth-order valence-electron chi connectivity index (χ4n) is 10.2. The van der Waals surface area contributed by atoms with Gasteiger partial charge in [-0.25, -0.2) is 0 Å². The summed E-state index contributed by atoms with van der Waals surface area (Å²) in [5.74, 6) is 0. The Labute approximate surface area is 316 Å². The molecule has 0 radical (unpaired) electrons. The van der Waals surface area contributed by atoms with E-state index < -0.39 is 22.0 Å². The molecule has 0 amide bonds. The minimum absolute atomic E-state index is 0.662. The van der Waals surface area contributed by atoms with E-state index in [1.165, 1.54) is 0 Å². The van der Waals surface area contributed by atoms with Gasteiger partial charge < -0.3 is 10.2 Å². The van der Waals surface area contributed by atoms with Gasteiger partial charge in [-0.05, 0) is 66.8 Å². The topological polar surface area (TPSA) is 40.5 Å². The van der Waals surface area contributed by atoms with Crippen LogP contribution in [0.5, 0.6) is 0 Å². The second-order valence-electron chi connectivity index (χ2n) is 14.6. The van der Waals surface area contributed by atoms with Crippen LogP contribution in [-0.2, 0) is 22.0 Å². The van der Waals surface area contributed by atoms with Crippen molar-refractivity contribution < 1.29 is 10.2 Å². The molecule has 0 aromatic heterocycles. The van der Waals surface area contributed by atoms with Crippen molar-refractivity contribution in [2.24, 2.45) is 0 Å². The van der Waals surface area contributed by atoms with E-state index in [2.05, 4.69) is 146 Å². The number of aliphatic hydroxyl groups is 2. The number of hydrogen-bond donors (Lipinski definition) is 2. The third-order valence-corrected chi connectivity index (χ3v) is 12.2. The maximum atomic E-state index is 14.3. The fourth-order valence-corrected chi connectivity index (χ4v) is 10.2. The van der Waals surface area contributed by atoms with Crippen molar-refractivity contribution in [1.29, 1.82) is 0 Å². The summed E-state index contributed by atoms with van der Waals surface area (Å²) in [6, 6.07) is 75.1. The molecule has 0 heterocycles. The molecule has 0 saturated carbocycles. The summed E-state index contributed by atoms with van der Waals surface area (Å²) < 4.78 is 0. The third kappa shape index (κ3) is 4.02. The quantitative estimate of drug-likeness (QED) is 0.188. The van der Waals surface area contributed by atoms with Crippen LogP contribution in [0.15, 0.2) is 218 Å². The summed E-state index contributed by atoms with van der Waals surface area (Å²) >= 11 is 0. The van der Waals surface area contributed by atoms with E-state index in [-0.39, 0.29) is 0 Å². The number of hydrogen-bond acceptors (Lipinski definition) is 2. The van der Waals surface area contributed by atoms with Gasteiger partial charge in [-0.1, -0.05) is 218 Å². The molecular weight excluding hydrogens is 657 g/mol. The van der Waals surface area contributed by atoms with Gasteiger partial charge in [0.25, 0.3) is 0 Å². The molecule has 0 aliphatic heterocycles. The molecule has 8 aromatic carbocycles. The lowest BCUT2D eigenvalue weighted by atomic mass is 9.48. The zero-order valence-corrected chi connectivity index (χ0v) is 29.7. The first-order valence-electron chi connectivity index (χ1n) is 18.6. The maximum absolute atomic E-state index is 14.3. The van der Waals surface area contributed by atoms with Crippen molar-refractivity contribution in [1.82, 2.24) is 0 Å². The highest BCUT2D eigenvalue weighted by atomic mass is 16.4. The lowest BCUT2D eigenvalue weighted by molar-refractivity contribution is -0.118. The van der Waals surface area contributed by atoms with Crippen molar-refractivity contribution >= 4 is 0 Å². The molecule has 0 fully saturated rings. The molecule has 2 aliphatic rings. The molecular formula is C52H38O2. The van der Waals surface area contributed by atoms with Gasteiger partial charge in [-0.15, -0.1) is 0 Å². The van der Waals surface area contributed by atoms with E-state index in [9.17, 15) is 10.2 Å². The van der Waals surface area contributed by atoms with Crippen LogP contribution in [0, 0.1) is 0 Å². The molecule has 8 aromatic rings. The van der Waals surface area contributed by atoms with E-state index in [1.54, 1.807) is 0 Å².